The van der Waals surface area contributed by atoms with E-state index in [1.54, 1.807) is 6.07 Å². The molecule has 0 atom stereocenters. The first kappa shape index (κ1) is 18.1. The zero-order valence-corrected chi connectivity index (χ0v) is 13.8. The molecule has 6 nitrogen and oxygen atoms in total. The molecule has 2 aromatic carbocycles. The molecule has 2 rings (SSSR count). The third-order valence-electron chi connectivity index (χ3n) is 3.26. The van der Waals surface area contributed by atoms with E-state index in [1.165, 1.54) is 0 Å². The van der Waals surface area contributed by atoms with Gasteiger partial charge < -0.3 is 21.1 Å². The summed E-state index contributed by atoms with van der Waals surface area (Å²) >= 11 is 0. The molecule has 25 heavy (non-hydrogen) atoms. The van der Waals surface area contributed by atoms with Crippen molar-refractivity contribution in [1.82, 2.24) is 5.32 Å². The first-order valence-electron chi connectivity index (χ1n) is 7.91. The Morgan fingerprint density at radius 3 is 2.64 bits per heavy atom. The molecule has 3 amide bonds. The van der Waals surface area contributed by atoms with E-state index in [9.17, 15) is 9.59 Å². The highest BCUT2D eigenvalue weighted by molar-refractivity contribution is 5.88. The Morgan fingerprint density at radius 1 is 1.08 bits per heavy atom. The van der Waals surface area contributed by atoms with Crippen LogP contribution in [0.5, 0.6) is 0 Å². The van der Waals surface area contributed by atoms with Crippen LogP contribution in [0.1, 0.15) is 17.5 Å². The van der Waals surface area contributed by atoms with Crippen LogP contribution in [0.4, 0.5) is 15.3 Å². The lowest BCUT2D eigenvalue weighted by atomic mass is 10.2. The molecule has 0 saturated carbocycles. The highest BCUT2D eigenvalue weighted by Gasteiger charge is 2.00. The van der Waals surface area contributed by atoms with Crippen LogP contribution in [0.25, 0.3) is 6.08 Å². The van der Waals surface area contributed by atoms with Crippen LogP contribution in [-0.4, -0.2) is 18.7 Å². The Labute approximate surface area is 146 Å². The average molecular weight is 339 g/mol. The van der Waals surface area contributed by atoms with Gasteiger partial charge in [0.15, 0.2) is 0 Å². The van der Waals surface area contributed by atoms with Crippen molar-refractivity contribution in [2.24, 2.45) is 5.73 Å². The fraction of sp³-hybridized carbons (Fsp3) is 0.158. The van der Waals surface area contributed by atoms with Crippen molar-refractivity contribution < 1.29 is 14.3 Å². The van der Waals surface area contributed by atoms with Crippen LogP contribution < -0.4 is 16.4 Å². The molecule has 0 aliphatic heterocycles. The van der Waals surface area contributed by atoms with E-state index in [2.05, 4.69) is 10.6 Å². The Hall–Kier alpha value is -3.28. The van der Waals surface area contributed by atoms with E-state index in [0.29, 0.717) is 18.7 Å². The predicted molar refractivity (Wildman–Crippen MR) is 97.9 cm³/mol. The fourth-order valence-corrected chi connectivity index (χ4v) is 2.11. The highest BCUT2D eigenvalue weighted by atomic mass is 16.5. The molecule has 0 heterocycles. The van der Waals surface area contributed by atoms with Gasteiger partial charge in [0.25, 0.3) is 0 Å². The molecule has 6 heteroatoms. The van der Waals surface area contributed by atoms with E-state index in [4.69, 9.17) is 10.5 Å². The SMILES string of the molecule is NC(=O)Nc1cccc(C=CCCNC(=O)OCc2ccccc2)c1. The third kappa shape index (κ3) is 7.22. The highest BCUT2D eigenvalue weighted by Crippen LogP contribution is 2.11. The van der Waals surface area contributed by atoms with Gasteiger partial charge in [-0.2, -0.15) is 0 Å². The van der Waals surface area contributed by atoms with E-state index >= 15 is 0 Å². The number of nitrogens with two attached hydrogens (primary N) is 1. The van der Waals surface area contributed by atoms with Crippen molar-refractivity contribution >= 4 is 23.9 Å². The lowest BCUT2D eigenvalue weighted by molar-refractivity contribution is 0.140. The summed E-state index contributed by atoms with van der Waals surface area (Å²) in [5.41, 5.74) is 7.60. The molecule has 0 aliphatic carbocycles. The largest absolute Gasteiger partial charge is 0.445 e. The van der Waals surface area contributed by atoms with Gasteiger partial charge in [-0.1, -0.05) is 54.6 Å². The second-order valence-corrected chi connectivity index (χ2v) is 5.29. The zero-order chi connectivity index (χ0) is 17.9. The van der Waals surface area contributed by atoms with Gasteiger partial charge in [0, 0.05) is 12.2 Å². The molecule has 2 aromatic rings. The van der Waals surface area contributed by atoms with E-state index in [1.807, 2.05) is 60.7 Å². The van der Waals surface area contributed by atoms with Crippen LogP contribution in [0.3, 0.4) is 0 Å². The van der Waals surface area contributed by atoms with Gasteiger partial charge in [-0.3, -0.25) is 0 Å². The van der Waals surface area contributed by atoms with Crippen molar-refractivity contribution in [2.75, 3.05) is 11.9 Å². The molecular formula is C19H21N3O3. The number of primary amides is 1. The smallest absolute Gasteiger partial charge is 0.407 e. The molecule has 4 N–H and O–H groups in total. The van der Waals surface area contributed by atoms with E-state index in [0.717, 1.165) is 11.1 Å². The van der Waals surface area contributed by atoms with Crippen molar-refractivity contribution in [3.05, 3.63) is 71.8 Å². The normalized spacial score (nSPS) is 10.4. The van der Waals surface area contributed by atoms with Gasteiger partial charge in [0.05, 0.1) is 0 Å². The molecule has 0 fully saturated rings. The molecule has 0 unspecified atom stereocenters. The summed E-state index contributed by atoms with van der Waals surface area (Å²) in [6.07, 6.45) is 4.06. The number of carbonyl (C=O) groups excluding carboxylic acids is 2. The molecular weight excluding hydrogens is 318 g/mol. The topological polar surface area (TPSA) is 93.5 Å². The summed E-state index contributed by atoms with van der Waals surface area (Å²) in [6, 6.07) is 16.2. The monoisotopic (exact) mass is 339 g/mol. The quantitative estimate of drug-likeness (QED) is 0.674. The average Bonchev–Trinajstić information content (AvgIpc) is 2.60. The molecule has 130 valence electrons. The molecule has 0 spiro atoms. The Morgan fingerprint density at radius 2 is 1.88 bits per heavy atom. The predicted octanol–water partition coefficient (Wildman–Crippen LogP) is 3.51. The van der Waals surface area contributed by atoms with Crippen molar-refractivity contribution in [1.29, 1.82) is 0 Å². The van der Waals surface area contributed by atoms with Gasteiger partial charge >= 0.3 is 12.1 Å². The van der Waals surface area contributed by atoms with Gasteiger partial charge in [0.1, 0.15) is 6.61 Å². The molecule has 0 saturated heterocycles. The van der Waals surface area contributed by atoms with Gasteiger partial charge in [-0.05, 0) is 29.7 Å². The zero-order valence-electron chi connectivity index (χ0n) is 13.8. The minimum Gasteiger partial charge on any atom is -0.445 e. The number of alkyl carbamates (subject to hydrolysis) is 1. The summed E-state index contributed by atoms with van der Waals surface area (Å²) < 4.78 is 5.12. The van der Waals surface area contributed by atoms with Crippen molar-refractivity contribution in [2.45, 2.75) is 13.0 Å². The number of rotatable bonds is 7. The summed E-state index contributed by atoms with van der Waals surface area (Å²) in [4.78, 5) is 22.4. The van der Waals surface area contributed by atoms with Crippen LogP contribution in [0.15, 0.2) is 60.7 Å². The molecule has 0 aliphatic rings. The first-order valence-corrected chi connectivity index (χ1v) is 7.91. The number of ether oxygens (including phenoxy) is 1. The number of amides is 3. The maximum Gasteiger partial charge on any atom is 0.407 e. The number of anilines is 1. The van der Waals surface area contributed by atoms with Crippen molar-refractivity contribution in [3.8, 4) is 0 Å². The van der Waals surface area contributed by atoms with Crippen molar-refractivity contribution in [3.63, 3.8) is 0 Å². The number of nitrogens with one attached hydrogen (secondary N) is 2. The fourth-order valence-electron chi connectivity index (χ4n) is 2.11. The summed E-state index contributed by atoms with van der Waals surface area (Å²) in [5, 5.41) is 5.21. The molecule has 0 aromatic heterocycles. The second kappa shape index (κ2) is 9.77. The maximum atomic E-state index is 11.6. The minimum atomic E-state index is -0.598. The standard InChI is InChI=1S/C19H21N3O3/c20-18(23)22-17-11-6-10-15(13-17)7-4-5-12-21-19(24)25-14-16-8-2-1-3-9-16/h1-4,6-11,13H,5,12,14H2,(H,21,24)(H3,20,22,23). The number of hydrogen-bond donors (Lipinski definition) is 3. The molecule has 0 bridgehead atoms. The van der Waals surface area contributed by atoms with Gasteiger partial charge in [0.2, 0.25) is 0 Å². The van der Waals surface area contributed by atoms with E-state index < -0.39 is 12.1 Å². The summed E-state index contributed by atoms with van der Waals surface area (Å²) in [5.74, 6) is 0. The van der Waals surface area contributed by atoms with Crippen LogP contribution >= 0.6 is 0 Å². The molecule has 0 radical (unpaired) electrons. The second-order valence-electron chi connectivity index (χ2n) is 5.29. The van der Waals surface area contributed by atoms with Crippen LogP contribution in [0, 0.1) is 0 Å². The Balaban J connectivity index is 1.67. The number of benzene rings is 2. The number of urea groups is 1. The lowest BCUT2D eigenvalue weighted by Crippen LogP contribution is -2.24. The van der Waals surface area contributed by atoms with E-state index in [-0.39, 0.29) is 6.61 Å². The lowest BCUT2D eigenvalue weighted by Gasteiger charge is -2.06. The summed E-state index contributed by atoms with van der Waals surface area (Å²) in [7, 11) is 0. The maximum absolute atomic E-state index is 11.6. The van der Waals surface area contributed by atoms with Gasteiger partial charge in [-0.15, -0.1) is 0 Å². The Bertz CT molecular complexity index is 730. The minimum absolute atomic E-state index is 0.252. The number of carbonyl (C=O) groups is 2. The van der Waals surface area contributed by atoms with Crippen LogP contribution in [0.2, 0.25) is 0 Å². The summed E-state index contributed by atoms with van der Waals surface area (Å²) in [6.45, 7) is 0.728. The number of hydrogen-bond acceptors (Lipinski definition) is 3. The van der Waals surface area contributed by atoms with Crippen LogP contribution in [-0.2, 0) is 11.3 Å². The Kier molecular flexibility index (Phi) is 7.06. The first-order chi connectivity index (χ1) is 12.1. The van der Waals surface area contributed by atoms with Gasteiger partial charge in [-0.25, -0.2) is 9.59 Å². The third-order valence-corrected chi connectivity index (χ3v) is 3.26.